The Labute approximate surface area is 184 Å². The predicted octanol–water partition coefficient (Wildman–Crippen LogP) is 6.17. The Hall–Kier alpha value is -3.08. The van der Waals surface area contributed by atoms with E-state index in [1.54, 1.807) is 30.5 Å². The van der Waals surface area contributed by atoms with E-state index in [0.29, 0.717) is 36.0 Å². The Kier molecular flexibility index (Phi) is 8.27. The summed E-state index contributed by atoms with van der Waals surface area (Å²) in [6.45, 7) is 4.77. The Bertz CT molecular complexity index is 946. The molecule has 0 aliphatic heterocycles. The van der Waals surface area contributed by atoms with E-state index in [0.717, 1.165) is 67.2 Å². The number of oxazole rings is 1. The van der Waals surface area contributed by atoms with Gasteiger partial charge in [-0.25, -0.2) is 4.98 Å². The number of unbranched alkanes of at least 4 members (excludes halogenated alkanes) is 2. The van der Waals surface area contributed by atoms with Crippen LogP contribution in [0, 0.1) is 0 Å². The van der Waals surface area contributed by atoms with Gasteiger partial charge in [0.15, 0.2) is 0 Å². The van der Waals surface area contributed by atoms with E-state index < -0.39 is 0 Å². The summed E-state index contributed by atoms with van der Waals surface area (Å²) in [6.07, 6.45) is 9.01. The summed E-state index contributed by atoms with van der Waals surface area (Å²) in [7, 11) is 0. The Morgan fingerprint density at radius 3 is 2.23 bits per heavy atom. The van der Waals surface area contributed by atoms with Crippen LogP contribution < -0.4 is 4.74 Å². The molecule has 0 radical (unpaired) electrons. The van der Waals surface area contributed by atoms with Crippen LogP contribution in [0.25, 0.3) is 11.5 Å². The summed E-state index contributed by atoms with van der Waals surface area (Å²) in [5.74, 6) is 1.71. The van der Waals surface area contributed by atoms with Gasteiger partial charge in [0.1, 0.15) is 24.0 Å². The maximum Gasteiger partial charge on any atom is 0.226 e. The SMILES string of the molecule is CCCCc1cc(-c2nc(CCOc3ccc(C=O)cc3)co2)cc(CCCC)c1O. The van der Waals surface area contributed by atoms with Crippen LogP contribution in [0.3, 0.4) is 0 Å². The number of nitrogens with zero attached hydrogens (tertiary/aromatic N) is 1. The molecule has 0 atom stereocenters. The third-order valence-corrected chi connectivity index (χ3v) is 5.31. The molecule has 0 amide bonds. The summed E-state index contributed by atoms with van der Waals surface area (Å²) in [5, 5.41) is 10.7. The number of aromatic nitrogens is 1. The monoisotopic (exact) mass is 421 g/mol. The Balaban J connectivity index is 1.69. The summed E-state index contributed by atoms with van der Waals surface area (Å²) in [5.41, 5.74) is 4.28. The number of carbonyl (C=O) groups excluding carboxylic acids is 1. The molecule has 2 aromatic carbocycles. The van der Waals surface area contributed by atoms with Crippen molar-refractivity contribution in [2.45, 2.75) is 58.8 Å². The predicted molar refractivity (Wildman–Crippen MR) is 122 cm³/mol. The van der Waals surface area contributed by atoms with E-state index in [4.69, 9.17) is 9.15 Å². The highest BCUT2D eigenvalue weighted by molar-refractivity contribution is 5.74. The zero-order valence-corrected chi connectivity index (χ0v) is 18.4. The molecule has 0 fully saturated rings. The first-order valence-corrected chi connectivity index (χ1v) is 11.1. The Morgan fingerprint density at radius 2 is 1.65 bits per heavy atom. The molecule has 0 spiro atoms. The number of benzene rings is 2. The van der Waals surface area contributed by atoms with Crippen LogP contribution in [-0.4, -0.2) is 23.0 Å². The van der Waals surface area contributed by atoms with Gasteiger partial charge in [0.05, 0.1) is 12.3 Å². The summed E-state index contributed by atoms with van der Waals surface area (Å²) in [6, 6.07) is 11.0. The van der Waals surface area contributed by atoms with Crippen LogP contribution in [0.5, 0.6) is 11.5 Å². The molecule has 0 aliphatic rings. The van der Waals surface area contributed by atoms with Crippen molar-refractivity contribution in [1.82, 2.24) is 4.98 Å². The number of phenols is 1. The molecule has 0 bridgehead atoms. The maximum absolute atomic E-state index is 10.7. The van der Waals surface area contributed by atoms with E-state index in [1.165, 1.54) is 0 Å². The molecule has 164 valence electrons. The lowest BCUT2D eigenvalue weighted by Gasteiger charge is -2.12. The van der Waals surface area contributed by atoms with Crippen molar-refractivity contribution in [3.8, 4) is 23.0 Å². The highest BCUT2D eigenvalue weighted by atomic mass is 16.5. The fraction of sp³-hybridized carbons (Fsp3) is 0.385. The third kappa shape index (κ3) is 6.20. The van der Waals surface area contributed by atoms with E-state index in [2.05, 4.69) is 18.8 Å². The first-order chi connectivity index (χ1) is 15.1. The summed E-state index contributed by atoms with van der Waals surface area (Å²) in [4.78, 5) is 15.4. The van der Waals surface area contributed by atoms with Crippen molar-refractivity contribution in [2.75, 3.05) is 6.61 Å². The van der Waals surface area contributed by atoms with Crippen molar-refractivity contribution < 1.29 is 19.1 Å². The molecule has 1 heterocycles. The topological polar surface area (TPSA) is 72.6 Å². The standard InChI is InChI=1S/C26H31NO4/c1-3-5-7-20-15-22(16-21(25(20)29)8-6-4-2)26-27-23(18-31-26)13-14-30-24-11-9-19(17-28)10-12-24/h9-12,15-18,29H,3-8,13-14H2,1-2H3. The minimum Gasteiger partial charge on any atom is -0.507 e. The molecule has 5 heteroatoms. The molecule has 1 aromatic heterocycles. The molecule has 0 aliphatic carbocycles. The van der Waals surface area contributed by atoms with Gasteiger partial charge in [-0.1, -0.05) is 26.7 Å². The van der Waals surface area contributed by atoms with Gasteiger partial charge in [-0.05, 0) is 73.2 Å². The van der Waals surface area contributed by atoms with E-state index in [-0.39, 0.29) is 0 Å². The lowest BCUT2D eigenvalue weighted by atomic mass is 9.97. The van der Waals surface area contributed by atoms with Gasteiger partial charge >= 0.3 is 0 Å². The van der Waals surface area contributed by atoms with E-state index in [9.17, 15) is 9.90 Å². The second kappa shape index (κ2) is 11.3. The fourth-order valence-corrected chi connectivity index (χ4v) is 3.47. The zero-order chi connectivity index (χ0) is 22.1. The average molecular weight is 422 g/mol. The van der Waals surface area contributed by atoms with Gasteiger partial charge in [0.25, 0.3) is 0 Å². The van der Waals surface area contributed by atoms with Gasteiger partial charge in [-0.3, -0.25) is 4.79 Å². The second-order valence-electron chi connectivity index (χ2n) is 7.78. The third-order valence-electron chi connectivity index (χ3n) is 5.31. The van der Waals surface area contributed by atoms with Crippen molar-refractivity contribution in [2.24, 2.45) is 0 Å². The fourth-order valence-electron chi connectivity index (χ4n) is 3.47. The average Bonchev–Trinajstić information content (AvgIpc) is 3.27. The zero-order valence-electron chi connectivity index (χ0n) is 18.4. The number of ether oxygens (including phenoxy) is 1. The highest BCUT2D eigenvalue weighted by Crippen LogP contribution is 2.32. The highest BCUT2D eigenvalue weighted by Gasteiger charge is 2.14. The van der Waals surface area contributed by atoms with Gasteiger partial charge in [-0.2, -0.15) is 0 Å². The minimum absolute atomic E-state index is 0.423. The van der Waals surface area contributed by atoms with Gasteiger partial charge in [0.2, 0.25) is 5.89 Å². The quantitative estimate of drug-likeness (QED) is 0.354. The van der Waals surface area contributed by atoms with Gasteiger partial charge in [-0.15, -0.1) is 0 Å². The van der Waals surface area contributed by atoms with Gasteiger partial charge in [0, 0.05) is 17.5 Å². The summed E-state index contributed by atoms with van der Waals surface area (Å²) < 4.78 is 11.5. The summed E-state index contributed by atoms with van der Waals surface area (Å²) >= 11 is 0. The molecule has 3 aromatic rings. The second-order valence-corrected chi connectivity index (χ2v) is 7.78. The minimum atomic E-state index is 0.423. The van der Waals surface area contributed by atoms with Gasteiger partial charge < -0.3 is 14.3 Å². The van der Waals surface area contributed by atoms with Crippen LogP contribution in [-0.2, 0) is 19.3 Å². The molecule has 0 saturated heterocycles. The molecular weight excluding hydrogens is 390 g/mol. The van der Waals surface area contributed by atoms with Crippen LogP contribution in [0.2, 0.25) is 0 Å². The van der Waals surface area contributed by atoms with Crippen LogP contribution in [0.4, 0.5) is 0 Å². The molecule has 3 rings (SSSR count). The van der Waals surface area contributed by atoms with Crippen molar-refractivity contribution in [3.05, 3.63) is 65.0 Å². The molecule has 5 nitrogen and oxygen atoms in total. The smallest absolute Gasteiger partial charge is 0.226 e. The van der Waals surface area contributed by atoms with Crippen LogP contribution in [0.15, 0.2) is 47.1 Å². The molecule has 1 N–H and O–H groups in total. The maximum atomic E-state index is 10.7. The van der Waals surface area contributed by atoms with Crippen LogP contribution in [0.1, 0.15) is 66.7 Å². The molecule has 31 heavy (non-hydrogen) atoms. The number of aromatic hydroxyl groups is 1. The molecule has 0 saturated carbocycles. The van der Waals surface area contributed by atoms with E-state index in [1.807, 2.05) is 12.1 Å². The number of aryl methyl sites for hydroxylation is 2. The van der Waals surface area contributed by atoms with Crippen molar-refractivity contribution in [1.29, 1.82) is 0 Å². The van der Waals surface area contributed by atoms with Crippen molar-refractivity contribution >= 4 is 6.29 Å². The number of phenolic OH excluding ortho intramolecular Hbond substituents is 1. The number of aldehydes is 1. The first-order valence-electron chi connectivity index (χ1n) is 11.1. The number of hydrogen-bond acceptors (Lipinski definition) is 5. The van der Waals surface area contributed by atoms with E-state index >= 15 is 0 Å². The lowest BCUT2D eigenvalue weighted by Crippen LogP contribution is -2.01. The van der Waals surface area contributed by atoms with Crippen LogP contribution >= 0.6 is 0 Å². The first kappa shape index (κ1) is 22.6. The normalized spacial score (nSPS) is 10.9. The number of rotatable bonds is 12. The Morgan fingerprint density at radius 1 is 1.00 bits per heavy atom. The molecule has 0 unspecified atom stereocenters. The lowest BCUT2D eigenvalue weighted by molar-refractivity contribution is 0.112. The number of hydrogen-bond donors (Lipinski definition) is 1. The largest absolute Gasteiger partial charge is 0.507 e. The van der Waals surface area contributed by atoms with Crippen molar-refractivity contribution in [3.63, 3.8) is 0 Å². The number of carbonyl (C=O) groups is 1. The molecular formula is C26H31NO4.